The first-order valence-corrected chi connectivity index (χ1v) is 10.1. The van der Waals surface area contributed by atoms with Crippen LogP contribution >= 0.6 is 15.9 Å². The number of rotatable bonds is 4. The number of hydrogen-bond donors (Lipinski definition) is 0. The highest BCUT2D eigenvalue weighted by atomic mass is 79.9. The Hall–Kier alpha value is -2.18. The summed E-state index contributed by atoms with van der Waals surface area (Å²) in [6.07, 6.45) is 1.81. The second kappa shape index (κ2) is 7.82. The van der Waals surface area contributed by atoms with Crippen molar-refractivity contribution < 1.29 is 0 Å². The summed E-state index contributed by atoms with van der Waals surface area (Å²) in [5.41, 5.74) is 4.85. The van der Waals surface area contributed by atoms with Gasteiger partial charge in [0.25, 0.3) is 0 Å². The van der Waals surface area contributed by atoms with Crippen LogP contribution in [-0.4, -0.2) is 45.8 Å². The van der Waals surface area contributed by atoms with E-state index in [9.17, 15) is 0 Å². The van der Waals surface area contributed by atoms with Crippen molar-refractivity contribution in [3.8, 4) is 5.82 Å². The molecule has 6 heteroatoms. The zero-order chi connectivity index (χ0) is 18.8. The van der Waals surface area contributed by atoms with Gasteiger partial charge in [-0.1, -0.05) is 34.1 Å². The summed E-state index contributed by atoms with van der Waals surface area (Å²) in [7, 11) is 0. The van der Waals surface area contributed by atoms with Gasteiger partial charge in [0.1, 0.15) is 0 Å². The van der Waals surface area contributed by atoms with Crippen LogP contribution in [-0.2, 0) is 6.54 Å². The molecule has 3 aromatic rings. The topological polar surface area (TPSA) is 37.2 Å². The standard InChI is InChI=1S/C21H24BrN5/c1-16-21(17(2)27(24-16)20-5-3-4-10-23-20)26-13-11-25(12-14-26)15-18-6-8-19(22)9-7-18/h3-10H,11-15H2,1-2H3. The van der Waals surface area contributed by atoms with Gasteiger partial charge in [0.2, 0.25) is 0 Å². The van der Waals surface area contributed by atoms with Gasteiger partial charge in [0, 0.05) is 43.4 Å². The minimum Gasteiger partial charge on any atom is -0.366 e. The molecule has 0 amide bonds. The zero-order valence-electron chi connectivity index (χ0n) is 15.8. The number of aromatic nitrogens is 3. The SMILES string of the molecule is Cc1nn(-c2ccccn2)c(C)c1N1CCN(Cc2ccc(Br)cc2)CC1. The molecular formula is C21H24BrN5. The lowest BCUT2D eigenvalue weighted by atomic mass is 10.2. The minimum atomic E-state index is 0.873. The van der Waals surface area contributed by atoms with Crippen LogP contribution in [0.3, 0.4) is 0 Å². The smallest absolute Gasteiger partial charge is 0.153 e. The molecule has 0 aliphatic carbocycles. The van der Waals surface area contributed by atoms with E-state index in [0.29, 0.717) is 0 Å². The summed E-state index contributed by atoms with van der Waals surface area (Å²) in [4.78, 5) is 9.43. The van der Waals surface area contributed by atoms with Crippen LogP contribution in [0.1, 0.15) is 17.0 Å². The first kappa shape index (κ1) is 18.2. The lowest BCUT2D eigenvalue weighted by Crippen LogP contribution is -2.46. The van der Waals surface area contributed by atoms with Gasteiger partial charge in [-0.25, -0.2) is 9.67 Å². The monoisotopic (exact) mass is 425 g/mol. The first-order chi connectivity index (χ1) is 13.1. The molecule has 1 aromatic carbocycles. The molecule has 2 aromatic heterocycles. The van der Waals surface area contributed by atoms with E-state index in [4.69, 9.17) is 5.10 Å². The largest absolute Gasteiger partial charge is 0.366 e. The van der Waals surface area contributed by atoms with E-state index in [1.807, 2.05) is 29.1 Å². The molecule has 140 valence electrons. The molecule has 1 fully saturated rings. The third-order valence-electron chi connectivity index (χ3n) is 5.13. The molecule has 0 spiro atoms. The van der Waals surface area contributed by atoms with Gasteiger partial charge >= 0.3 is 0 Å². The highest BCUT2D eigenvalue weighted by Gasteiger charge is 2.23. The Morgan fingerprint density at radius 1 is 0.963 bits per heavy atom. The predicted octanol–water partition coefficient (Wildman–Crippen LogP) is 3.97. The maximum absolute atomic E-state index is 4.75. The molecule has 3 heterocycles. The van der Waals surface area contributed by atoms with Crippen LogP contribution in [0.25, 0.3) is 5.82 Å². The predicted molar refractivity (Wildman–Crippen MR) is 112 cm³/mol. The van der Waals surface area contributed by atoms with E-state index >= 15 is 0 Å². The summed E-state index contributed by atoms with van der Waals surface area (Å²) in [5.74, 6) is 0.873. The Labute approximate surface area is 168 Å². The second-order valence-corrected chi connectivity index (χ2v) is 7.92. The number of halogens is 1. The van der Waals surface area contributed by atoms with Crippen LogP contribution < -0.4 is 4.90 Å². The third-order valence-corrected chi connectivity index (χ3v) is 5.66. The number of pyridine rings is 1. The first-order valence-electron chi connectivity index (χ1n) is 9.31. The van der Waals surface area contributed by atoms with Crippen molar-refractivity contribution in [2.24, 2.45) is 0 Å². The number of anilines is 1. The quantitative estimate of drug-likeness (QED) is 0.633. The van der Waals surface area contributed by atoms with Crippen molar-refractivity contribution in [2.75, 3.05) is 31.1 Å². The van der Waals surface area contributed by atoms with Crippen molar-refractivity contribution >= 4 is 21.6 Å². The van der Waals surface area contributed by atoms with Crippen LogP contribution in [0.2, 0.25) is 0 Å². The van der Waals surface area contributed by atoms with Crippen LogP contribution in [0, 0.1) is 13.8 Å². The second-order valence-electron chi connectivity index (χ2n) is 7.01. The van der Waals surface area contributed by atoms with E-state index in [1.54, 1.807) is 0 Å². The highest BCUT2D eigenvalue weighted by Crippen LogP contribution is 2.27. The average molecular weight is 426 g/mol. The van der Waals surface area contributed by atoms with Gasteiger partial charge < -0.3 is 4.90 Å². The molecule has 0 unspecified atom stereocenters. The maximum atomic E-state index is 4.75. The Morgan fingerprint density at radius 2 is 1.70 bits per heavy atom. The van der Waals surface area contributed by atoms with Gasteiger partial charge in [-0.05, 0) is 43.7 Å². The fourth-order valence-corrected chi connectivity index (χ4v) is 4.04. The molecule has 4 rings (SSSR count). The van der Waals surface area contributed by atoms with Gasteiger partial charge in [0.05, 0.1) is 17.1 Å². The molecular weight excluding hydrogens is 402 g/mol. The third kappa shape index (κ3) is 3.92. The Morgan fingerprint density at radius 3 is 2.37 bits per heavy atom. The van der Waals surface area contributed by atoms with Gasteiger partial charge in [-0.15, -0.1) is 0 Å². The van der Waals surface area contributed by atoms with E-state index in [-0.39, 0.29) is 0 Å². The van der Waals surface area contributed by atoms with Gasteiger partial charge in [-0.2, -0.15) is 5.10 Å². The fraction of sp³-hybridized carbons (Fsp3) is 0.333. The number of aryl methyl sites for hydroxylation is 1. The summed E-state index contributed by atoms with van der Waals surface area (Å²) in [6.45, 7) is 9.39. The van der Waals surface area contributed by atoms with Crippen molar-refractivity contribution in [2.45, 2.75) is 20.4 Å². The maximum Gasteiger partial charge on any atom is 0.153 e. The molecule has 1 aliphatic rings. The van der Waals surface area contributed by atoms with E-state index in [2.05, 4.69) is 68.8 Å². The minimum absolute atomic E-state index is 0.873. The van der Waals surface area contributed by atoms with Gasteiger partial charge in [-0.3, -0.25) is 4.90 Å². The van der Waals surface area contributed by atoms with Crippen molar-refractivity contribution in [3.05, 3.63) is 70.1 Å². The van der Waals surface area contributed by atoms with E-state index in [1.165, 1.54) is 11.3 Å². The molecule has 0 atom stereocenters. The lowest BCUT2D eigenvalue weighted by Gasteiger charge is -2.36. The summed E-state index contributed by atoms with van der Waals surface area (Å²) in [5, 5.41) is 4.75. The lowest BCUT2D eigenvalue weighted by molar-refractivity contribution is 0.249. The van der Waals surface area contributed by atoms with E-state index in [0.717, 1.165) is 54.4 Å². The summed E-state index contributed by atoms with van der Waals surface area (Å²) >= 11 is 3.50. The van der Waals surface area contributed by atoms with Crippen molar-refractivity contribution in [1.82, 2.24) is 19.7 Å². The average Bonchev–Trinajstić information content (AvgIpc) is 2.99. The number of nitrogens with zero attached hydrogens (tertiary/aromatic N) is 5. The zero-order valence-corrected chi connectivity index (χ0v) is 17.4. The van der Waals surface area contributed by atoms with Crippen molar-refractivity contribution in [1.29, 1.82) is 0 Å². The van der Waals surface area contributed by atoms with Crippen LogP contribution in [0.5, 0.6) is 0 Å². The molecule has 1 saturated heterocycles. The fourth-order valence-electron chi connectivity index (χ4n) is 3.77. The molecule has 0 N–H and O–H groups in total. The van der Waals surface area contributed by atoms with Gasteiger partial charge in [0.15, 0.2) is 5.82 Å². The summed E-state index contributed by atoms with van der Waals surface area (Å²) < 4.78 is 3.09. The molecule has 0 saturated carbocycles. The highest BCUT2D eigenvalue weighted by molar-refractivity contribution is 9.10. The summed E-state index contributed by atoms with van der Waals surface area (Å²) in [6, 6.07) is 14.6. The number of piperazine rings is 1. The Kier molecular flexibility index (Phi) is 5.27. The number of hydrogen-bond acceptors (Lipinski definition) is 4. The van der Waals surface area contributed by atoms with Crippen LogP contribution in [0.4, 0.5) is 5.69 Å². The number of benzene rings is 1. The van der Waals surface area contributed by atoms with E-state index < -0.39 is 0 Å². The molecule has 1 aliphatic heterocycles. The van der Waals surface area contributed by atoms with Crippen molar-refractivity contribution in [3.63, 3.8) is 0 Å². The Bertz CT molecular complexity index is 896. The molecule has 0 radical (unpaired) electrons. The Balaban J connectivity index is 1.45. The molecule has 0 bridgehead atoms. The normalized spacial score (nSPS) is 15.3. The van der Waals surface area contributed by atoms with Crippen LogP contribution in [0.15, 0.2) is 53.1 Å². The molecule has 27 heavy (non-hydrogen) atoms. The molecule has 5 nitrogen and oxygen atoms in total.